The molecule has 2 aliphatic rings. The molecular weight excluding hydrogens is 490 g/mol. The van der Waals surface area contributed by atoms with E-state index in [0.717, 1.165) is 52.1 Å². The number of carbonyl (C=O) groups excluding carboxylic acids is 1. The van der Waals surface area contributed by atoms with Gasteiger partial charge in [-0.3, -0.25) is 9.78 Å². The van der Waals surface area contributed by atoms with Crippen LogP contribution in [0.25, 0.3) is 33.1 Å². The molecule has 0 radical (unpaired) electrons. The molecule has 1 saturated heterocycles. The molecule has 0 spiro atoms. The second-order valence-corrected chi connectivity index (χ2v) is 10.9. The van der Waals surface area contributed by atoms with Crippen molar-refractivity contribution in [2.75, 3.05) is 13.7 Å². The Bertz CT molecular complexity index is 1490. The molecule has 1 amide bonds. The summed E-state index contributed by atoms with van der Waals surface area (Å²) in [6.45, 7) is 5.04. The lowest BCUT2D eigenvalue weighted by atomic mass is 9.92. The van der Waals surface area contributed by atoms with E-state index in [-0.39, 0.29) is 5.91 Å². The van der Waals surface area contributed by atoms with Crippen LogP contribution in [-0.4, -0.2) is 71.0 Å². The van der Waals surface area contributed by atoms with Gasteiger partial charge in [0.1, 0.15) is 11.4 Å². The van der Waals surface area contributed by atoms with Crippen molar-refractivity contribution in [1.82, 2.24) is 34.7 Å². The van der Waals surface area contributed by atoms with E-state index in [4.69, 9.17) is 4.74 Å². The first-order valence-corrected chi connectivity index (χ1v) is 13.3. The Morgan fingerprint density at radius 3 is 2.73 bits per heavy atom. The number of fused-ring (bicyclic) bond motifs is 3. The number of aliphatic hydroxyl groups excluding tert-OH is 1. The maximum Gasteiger partial charge on any atom is 0.271 e. The van der Waals surface area contributed by atoms with E-state index in [1.165, 1.54) is 4.80 Å². The smallest absolute Gasteiger partial charge is 0.271 e. The van der Waals surface area contributed by atoms with E-state index in [0.29, 0.717) is 30.4 Å². The van der Waals surface area contributed by atoms with Crippen molar-refractivity contribution in [2.45, 2.75) is 51.3 Å². The fraction of sp³-hybridized carbons (Fsp3) is 0.423. The van der Waals surface area contributed by atoms with Crippen molar-refractivity contribution in [3.05, 3.63) is 41.2 Å². The molecule has 0 saturated carbocycles. The Morgan fingerprint density at radius 2 is 2.05 bits per heavy atom. The molecule has 0 bridgehead atoms. The largest absolute Gasteiger partial charge is 0.496 e. The van der Waals surface area contributed by atoms with Gasteiger partial charge in [-0.05, 0) is 62.1 Å². The van der Waals surface area contributed by atoms with Gasteiger partial charge in [0, 0.05) is 30.4 Å². The molecule has 0 unspecified atom stereocenters. The number of aliphatic hydroxyl groups is 1. The number of carbonyl (C=O) groups is 1. The van der Waals surface area contributed by atoms with Crippen molar-refractivity contribution >= 4 is 17.2 Å². The molecule has 1 aromatic carbocycles. The molecule has 5 heterocycles. The first-order chi connectivity index (χ1) is 17.8. The van der Waals surface area contributed by atoms with E-state index in [1.54, 1.807) is 37.9 Å². The zero-order valence-corrected chi connectivity index (χ0v) is 22.1. The molecular formula is C26H29N7O3S. The summed E-state index contributed by atoms with van der Waals surface area (Å²) >= 11 is 1.55. The molecule has 4 aromatic rings. The highest BCUT2D eigenvalue weighted by molar-refractivity contribution is 7.13. The number of aromatic nitrogens is 6. The van der Waals surface area contributed by atoms with Gasteiger partial charge in [0.25, 0.3) is 5.91 Å². The lowest BCUT2D eigenvalue weighted by molar-refractivity contribution is 0.0145. The molecule has 1 N–H and O–H groups in total. The standard InChI is InChI=1S/C26H29N7O3S/c1-15(34)26(2)7-5-8-33(26)25(35)20-12-19(22-13-27-14-37-22)23-17-11-18(24-28-30-31(3)29-24)21(36-4)10-16(17)6-9-32(20)23/h10-15,34H,5-9H2,1-4H3/t15-,26-/m1/s1. The average molecular weight is 520 g/mol. The van der Waals surface area contributed by atoms with Gasteiger partial charge in [-0.2, -0.15) is 4.80 Å². The maximum atomic E-state index is 14.1. The number of amides is 1. The topological polar surface area (TPSA) is 111 Å². The number of ether oxygens (including phenoxy) is 1. The summed E-state index contributed by atoms with van der Waals surface area (Å²) in [5.74, 6) is 1.11. The van der Waals surface area contributed by atoms with Gasteiger partial charge in [-0.15, -0.1) is 21.5 Å². The SMILES string of the molecule is COc1cc2c(cc1-c1nnn(C)n1)-c1c(-c3cncs3)cc(C(=O)N3CCC[C@]3(C)[C@@H](C)O)n1CC2. The molecule has 37 heavy (non-hydrogen) atoms. The Morgan fingerprint density at radius 1 is 1.22 bits per heavy atom. The minimum atomic E-state index is -0.620. The molecule has 1 fully saturated rings. The van der Waals surface area contributed by atoms with Crippen molar-refractivity contribution in [3.63, 3.8) is 0 Å². The van der Waals surface area contributed by atoms with Crippen LogP contribution in [0.15, 0.2) is 29.9 Å². The fourth-order valence-electron chi connectivity index (χ4n) is 5.69. The number of likely N-dealkylation sites (tertiary alicyclic amines) is 1. The first kappa shape index (κ1) is 23.8. The van der Waals surface area contributed by atoms with Gasteiger partial charge in [0.2, 0.25) is 5.82 Å². The number of methoxy groups -OCH3 is 1. The molecule has 10 nitrogen and oxygen atoms in total. The molecule has 3 aromatic heterocycles. The molecule has 2 aliphatic heterocycles. The minimum absolute atomic E-state index is 0.0503. The number of benzene rings is 1. The van der Waals surface area contributed by atoms with Gasteiger partial charge >= 0.3 is 0 Å². The molecule has 6 rings (SSSR count). The van der Waals surface area contributed by atoms with Crippen molar-refractivity contribution in [3.8, 4) is 38.8 Å². The van der Waals surface area contributed by atoms with E-state index in [9.17, 15) is 9.90 Å². The molecule has 2 atom stereocenters. The van der Waals surface area contributed by atoms with Crippen LogP contribution >= 0.6 is 11.3 Å². The second-order valence-electron chi connectivity index (χ2n) is 9.96. The lowest BCUT2D eigenvalue weighted by Crippen LogP contribution is -2.52. The van der Waals surface area contributed by atoms with Crippen LogP contribution in [0.1, 0.15) is 42.7 Å². The quantitative estimate of drug-likeness (QED) is 0.430. The first-order valence-electron chi connectivity index (χ1n) is 12.4. The average Bonchev–Trinajstić information content (AvgIpc) is 3.68. The predicted octanol–water partition coefficient (Wildman–Crippen LogP) is 3.41. The molecule has 192 valence electrons. The zero-order valence-electron chi connectivity index (χ0n) is 21.3. The summed E-state index contributed by atoms with van der Waals surface area (Å²) in [7, 11) is 3.37. The third-order valence-electron chi connectivity index (χ3n) is 7.87. The van der Waals surface area contributed by atoms with Crippen LogP contribution < -0.4 is 4.74 Å². The highest BCUT2D eigenvalue weighted by atomic mass is 32.1. The van der Waals surface area contributed by atoms with Crippen molar-refractivity contribution < 1.29 is 14.6 Å². The van der Waals surface area contributed by atoms with E-state index < -0.39 is 11.6 Å². The third-order valence-corrected chi connectivity index (χ3v) is 8.68. The predicted molar refractivity (Wildman–Crippen MR) is 139 cm³/mol. The number of thiazole rings is 1. The Hall–Kier alpha value is -3.57. The van der Waals surface area contributed by atoms with E-state index in [2.05, 4.69) is 25.0 Å². The summed E-state index contributed by atoms with van der Waals surface area (Å²) < 4.78 is 7.83. The van der Waals surface area contributed by atoms with Gasteiger partial charge in [0.05, 0.1) is 47.4 Å². The highest BCUT2D eigenvalue weighted by Crippen LogP contribution is 2.45. The number of rotatable bonds is 5. The third kappa shape index (κ3) is 3.67. The van der Waals surface area contributed by atoms with E-state index >= 15 is 0 Å². The zero-order chi connectivity index (χ0) is 25.9. The van der Waals surface area contributed by atoms with E-state index in [1.807, 2.05) is 36.2 Å². The summed E-state index contributed by atoms with van der Waals surface area (Å²) in [5.41, 5.74) is 6.68. The fourth-order valence-corrected chi connectivity index (χ4v) is 6.33. The summed E-state index contributed by atoms with van der Waals surface area (Å²) in [6, 6.07) is 6.08. The van der Waals surface area contributed by atoms with Crippen LogP contribution in [0.3, 0.4) is 0 Å². The highest BCUT2D eigenvalue weighted by Gasteiger charge is 2.44. The van der Waals surface area contributed by atoms with Crippen molar-refractivity contribution in [2.24, 2.45) is 7.05 Å². The van der Waals surface area contributed by atoms with Crippen molar-refractivity contribution in [1.29, 1.82) is 0 Å². The summed E-state index contributed by atoms with van der Waals surface area (Å²) in [4.78, 5) is 22.6. The number of aryl methyl sites for hydroxylation is 2. The van der Waals surface area contributed by atoms with Crippen LogP contribution in [-0.2, 0) is 20.0 Å². The Kier molecular flexibility index (Phi) is 5.64. The summed E-state index contributed by atoms with van der Waals surface area (Å²) in [5, 5.41) is 23.2. The molecule has 11 heteroatoms. The lowest BCUT2D eigenvalue weighted by Gasteiger charge is -2.38. The number of nitrogens with zero attached hydrogens (tertiary/aromatic N) is 7. The normalized spacial score (nSPS) is 19.5. The van der Waals surface area contributed by atoms with Gasteiger partial charge in [-0.25, -0.2) is 0 Å². The monoisotopic (exact) mass is 519 g/mol. The van der Waals surface area contributed by atoms with Crippen LogP contribution in [0, 0.1) is 0 Å². The summed E-state index contributed by atoms with van der Waals surface area (Å²) in [6.07, 6.45) is 3.62. The number of hydrogen-bond donors (Lipinski definition) is 1. The van der Waals surface area contributed by atoms with Gasteiger partial charge in [0.15, 0.2) is 0 Å². The second kappa shape index (κ2) is 8.77. The van der Waals surface area contributed by atoms with Crippen LogP contribution in [0.4, 0.5) is 0 Å². The minimum Gasteiger partial charge on any atom is -0.496 e. The number of hydrogen-bond acceptors (Lipinski definition) is 8. The van der Waals surface area contributed by atoms with Crippen LogP contribution in [0.5, 0.6) is 5.75 Å². The molecule has 0 aliphatic carbocycles. The Balaban J connectivity index is 1.55. The van der Waals surface area contributed by atoms with Gasteiger partial charge in [-0.1, -0.05) is 0 Å². The number of tetrazole rings is 1. The van der Waals surface area contributed by atoms with Crippen LogP contribution in [0.2, 0.25) is 0 Å². The maximum absolute atomic E-state index is 14.1. The Labute approximate surface area is 218 Å². The van der Waals surface area contributed by atoms with Gasteiger partial charge < -0.3 is 19.3 Å².